The van der Waals surface area contributed by atoms with Crippen molar-refractivity contribution in [2.45, 2.75) is 24.9 Å². The lowest BCUT2D eigenvalue weighted by atomic mass is 9.93. The first kappa shape index (κ1) is 17.6. The molecule has 0 unspecified atom stereocenters. The minimum absolute atomic E-state index is 0.178. The summed E-state index contributed by atoms with van der Waals surface area (Å²) < 4.78 is 0. The number of pyridine rings is 1. The number of aliphatic hydroxyl groups is 1. The van der Waals surface area contributed by atoms with Gasteiger partial charge in [-0.15, -0.1) is 0 Å². The van der Waals surface area contributed by atoms with E-state index in [4.69, 9.17) is 10.2 Å². The number of likely N-dealkylation sites (N-methyl/N-ethyl adjacent to an activating group) is 1. The fraction of sp³-hybridized carbons (Fsp3) is 0.429. The molecule has 0 aliphatic rings. The number of rotatable bonds is 8. The second-order valence-corrected chi connectivity index (χ2v) is 4.97. The quantitative estimate of drug-likeness (QED) is 0.604. The fourth-order valence-electron chi connectivity index (χ4n) is 2.00. The van der Waals surface area contributed by atoms with Gasteiger partial charge in [0.2, 0.25) is 0 Å². The molecule has 1 aromatic heterocycles. The van der Waals surface area contributed by atoms with Gasteiger partial charge < -0.3 is 20.2 Å². The van der Waals surface area contributed by atoms with Crippen LogP contribution in [0.5, 0.6) is 0 Å². The lowest BCUT2D eigenvalue weighted by Gasteiger charge is -2.29. The molecule has 0 radical (unpaired) electrons. The Balaban J connectivity index is 2.75. The van der Waals surface area contributed by atoms with Gasteiger partial charge in [0, 0.05) is 31.9 Å². The first-order valence-electron chi connectivity index (χ1n) is 6.56. The standard InChI is InChI=1S/C14H18N2O6/c1-16(7-5-10-4-2-3-6-15-10)13(21)14(22,8-11(17)18)9-12(19)20/h2-4,6,22H,5,7-9H2,1H3,(H,17,18)(H,19,20). The Morgan fingerprint density at radius 3 is 2.23 bits per heavy atom. The summed E-state index contributed by atoms with van der Waals surface area (Å²) in [4.78, 5) is 38.9. The third-order valence-electron chi connectivity index (χ3n) is 3.06. The lowest BCUT2D eigenvalue weighted by molar-refractivity contribution is -0.164. The molecule has 0 fully saturated rings. The summed E-state index contributed by atoms with van der Waals surface area (Å²) in [6, 6.07) is 5.30. The molecule has 0 saturated carbocycles. The van der Waals surface area contributed by atoms with Crippen LogP contribution < -0.4 is 0 Å². The van der Waals surface area contributed by atoms with Crippen molar-refractivity contribution in [1.82, 2.24) is 9.88 Å². The normalized spacial score (nSPS) is 11.0. The van der Waals surface area contributed by atoms with E-state index < -0.39 is 36.3 Å². The van der Waals surface area contributed by atoms with Crippen molar-refractivity contribution < 1.29 is 29.7 Å². The molecule has 0 spiro atoms. The predicted molar refractivity (Wildman–Crippen MR) is 75.0 cm³/mol. The summed E-state index contributed by atoms with van der Waals surface area (Å²) in [5, 5.41) is 27.7. The Kier molecular flexibility index (Phi) is 6.00. The molecule has 3 N–H and O–H groups in total. The minimum atomic E-state index is -2.46. The highest BCUT2D eigenvalue weighted by molar-refractivity contribution is 5.92. The number of aliphatic carboxylic acids is 2. The Morgan fingerprint density at radius 1 is 1.18 bits per heavy atom. The number of nitrogens with zero attached hydrogens (tertiary/aromatic N) is 2. The zero-order valence-electron chi connectivity index (χ0n) is 12.1. The number of hydrogen-bond acceptors (Lipinski definition) is 5. The molecule has 0 aliphatic carbocycles. The molecule has 1 heterocycles. The van der Waals surface area contributed by atoms with Crippen LogP contribution in [0.4, 0.5) is 0 Å². The van der Waals surface area contributed by atoms with Crippen LogP contribution in [0.25, 0.3) is 0 Å². The smallest absolute Gasteiger partial charge is 0.306 e. The average Bonchev–Trinajstić information content (AvgIpc) is 2.43. The van der Waals surface area contributed by atoms with Gasteiger partial charge in [-0.05, 0) is 12.1 Å². The predicted octanol–water partition coefficient (Wildman–Crippen LogP) is -0.237. The van der Waals surface area contributed by atoms with Crippen molar-refractivity contribution in [2.75, 3.05) is 13.6 Å². The van der Waals surface area contributed by atoms with Gasteiger partial charge in [-0.1, -0.05) is 6.07 Å². The second-order valence-electron chi connectivity index (χ2n) is 4.97. The van der Waals surface area contributed by atoms with E-state index >= 15 is 0 Å². The van der Waals surface area contributed by atoms with Crippen molar-refractivity contribution in [3.05, 3.63) is 30.1 Å². The lowest BCUT2D eigenvalue weighted by Crippen LogP contribution is -2.50. The van der Waals surface area contributed by atoms with Gasteiger partial charge in [0.25, 0.3) is 5.91 Å². The van der Waals surface area contributed by atoms with Crippen LogP contribution in [0.3, 0.4) is 0 Å². The van der Waals surface area contributed by atoms with Gasteiger partial charge in [0.15, 0.2) is 5.60 Å². The van der Waals surface area contributed by atoms with Crippen LogP contribution in [0, 0.1) is 0 Å². The largest absolute Gasteiger partial charge is 0.481 e. The topological polar surface area (TPSA) is 128 Å². The second kappa shape index (κ2) is 7.51. The van der Waals surface area contributed by atoms with Gasteiger partial charge in [-0.3, -0.25) is 19.4 Å². The van der Waals surface area contributed by atoms with E-state index in [1.165, 1.54) is 7.05 Å². The van der Waals surface area contributed by atoms with Crippen LogP contribution in [0.15, 0.2) is 24.4 Å². The maximum absolute atomic E-state index is 12.2. The highest BCUT2D eigenvalue weighted by atomic mass is 16.4. The molecule has 0 atom stereocenters. The molecule has 0 saturated heterocycles. The van der Waals surface area contributed by atoms with E-state index in [9.17, 15) is 19.5 Å². The zero-order valence-corrected chi connectivity index (χ0v) is 12.1. The SMILES string of the molecule is CN(CCc1ccccn1)C(=O)C(O)(CC(=O)O)CC(=O)O. The monoisotopic (exact) mass is 310 g/mol. The number of hydrogen-bond donors (Lipinski definition) is 3. The maximum atomic E-state index is 12.2. The van der Waals surface area contributed by atoms with E-state index in [0.717, 1.165) is 10.6 Å². The van der Waals surface area contributed by atoms with Crippen LogP contribution in [0.1, 0.15) is 18.5 Å². The van der Waals surface area contributed by atoms with Crippen molar-refractivity contribution in [3.8, 4) is 0 Å². The Labute approximate surface area is 127 Å². The molecule has 0 aromatic carbocycles. The Bertz CT molecular complexity index is 530. The highest BCUT2D eigenvalue weighted by Gasteiger charge is 2.42. The number of carbonyl (C=O) groups is 3. The molecule has 1 aromatic rings. The molecular weight excluding hydrogens is 292 g/mol. The molecule has 1 rings (SSSR count). The minimum Gasteiger partial charge on any atom is -0.481 e. The summed E-state index contributed by atoms with van der Waals surface area (Å²) in [6.07, 6.45) is 0.0692. The molecule has 120 valence electrons. The Morgan fingerprint density at radius 2 is 1.77 bits per heavy atom. The number of amides is 1. The summed E-state index contributed by atoms with van der Waals surface area (Å²) >= 11 is 0. The van der Waals surface area contributed by atoms with Gasteiger partial charge in [-0.2, -0.15) is 0 Å². The summed E-state index contributed by atoms with van der Waals surface area (Å²) in [5.41, 5.74) is -1.74. The molecule has 0 aliphatic heterocycles. The first-order chi connectivity index (χ1) is 10.2. The third-order valence-corrected chi connectivity index (χ3v) is 3.06. The molecule has 8 nitrogen and oxygen atoms in total. The van der Waals surface area contributed by atoms with Crippen LogP contribution in [-0.4, -0.2) is 62.2 Å². The molecule has 22 heavy (non-hydrogen) atoms. The van der Waals surface area contributed by atoms with E-state index in [0.29, 0.717) is 6.42 Å². The van der Waals surface area contributed by atoms with Crippen molar-refractivity contribution in [3.63, 3.8) is 0 Å². The molecule has 0 bridgehead atoms. The number of aromatic nitrogens is 1. The molecule has 1 amide bonds. The summed E-state index contributed by atoms with van der Waals surface area (Å²) in [5.74, 6) is -3.83. The summed E-state index contributed by atoms with van der Waals surface area (Å²) in [7, 11) is 1.37. The Hall–Kier alpha value is -2.48. The van der Waals surface area contributed by atoms with Crippen LogP contribution >= 0.6 is 0 Å². The van der Waals surface area contributed by atoms with Crippen LogP contribution in [-0.2, 0) is 20.8 Å². The van der Waals surface area contributed by atoms with Gasteiger partial charge in [0.05, 0.1) is 12.8 Å². The zero-order chi connectivity index (χ0) is 16.8. The number of carboxylic acids is 2. The van der Waals surface area contributed by atoms with E-state index in [2.05, 4.69) is 4.98 Å². The van der Waals surface area contributed by atoms with Crippen molar-refractivity contribution >= 4 is 17.8 Å². The first-order valence-corrected chi connectivity index (χ1v) is 6.56. The fourth-order valence-corrected chi connectivity index (χ4v) is 2.00. The van der Waals surface area contributed by atoms with E-state index in [-0.39, 0.29) is 6.54 Å². The molecular formula is C14H18N2O6. The van der Waals surface area contributed by atoms with E-state index in [1.807, 2.05) is 0 Å². The summed E-state index contributed by atoms with van der Waals surface area (Å²) in [6.45, 7) is 0.178. The number of carbonyl (C=O) groups excluding carboxylic acids is 1. The van der Waals surface area contributed by atoms with Crippen molar-refractivity contribution in [1.29, 1.82) is 0 Å². The van der Waals surface area contributed by atoms with Gasteiger partial charge in [0.1, 0.15) is 0 Å². The third kappa shape index (κ3) is 5.13. The van der Waals surface area contributed by atoms with Gasteiger partial charge >= 0.3 is 11.9 Å². The maximum Gasteiger partial charge on any atom is 0.306 e. The van der Waals surface area contributed by atoms with Gasteiger partial charge in [-0.25, -0.2) is 0 Å². The van der Waals surface area contributed by atoms with E-state index in [1.54, 1.807) is 24.4 Å². The molecule has 8 heteroatoms. The number of carboxylic acid groups (broad SMARTS) is 2. The highest BCUT2D eigenvalue weighted by Crippen LogP contribution is 2.19. The average molecular weight is 310 g/mol. The van der Waals surface area contributed by atoms with Crippen molar-refractivity contribution in [2.24, 2.45) is 0 Å². The van der Waals surface area contributed by atoms with Crippen LogP contribution in [0.2, 0.25) is 0 Å².